The van der Waals surface area contributed by atoms with Crippen molar-refractivity contribution in [2.24, 2.45) is 0 Å². The second kappa shape index (κ2) is 7.45. The molecule has 1 aromatic heterocycles. The molecule has 4 nitrogen and oxygen atoms in total. The molecule has 0 spiro atoms. The Balaban J connectivity index is 2.43. The number of rotatable bonds is 6. The van der Waals surface area contributed by atoms with Crippen LogP contribution in [0.1, 0.15) is 47.3 Å². The molecule has 0 saturated carbocycles. The summed E-state index contributed by atoms with van der Waals surface area (Å²) in [7, 11) is 1.38. The maximum absolute atomic E-state index is 11.5. The first-order valence-corrected chi connectivity index (χ1v) is 7.97. The summed E-state index contributed by atoms with van der Waals surface area (Å²) < 4.78 is 6.82. The zero-order valence-electron chi connectivity index (χ0n) is 13.2. The molecule has 0 N–H and O–H groups in total. The first-order chi connectivity index (χ1) is 10.6. The van der Waals surface area contributed by atoms with Gasteiger partial charge in [-0.3, -0.25) is 4.57 Å². The van der Waals surface area contributed by atoms with Crippen molar-refractivity contribution in [2.45, 2.75) is 39.0 Å². The van der Waals surface area contributed by atoms with E-state index in [1.54, 1.807) is 12.1 Å². The summed E-state index contributed by atoms with van der Waals surface area (Å²) in [6, 6.07) is 7.33. The van der Waals surface area contributed by atoms with E-state index in [-0.39, 0.29) is 5.97 Å². The summed E-state index contributed by atoms with van der Waals surface area (Å²) in [5.74, 6) is 1.09. The zero-order chi connectivity index (χ0) is 16.1. The van der Waals surface area contributed by atoms with E-state index < -0.39 is 0 Å². The molecule has 2 aromatic rings. The highest BCUT2D eigenvalue weighted by Gasteiger charge is 2.15. The summed E-state index contributed by atoms with van der Waals surface area (Å²) in [4.78, 5) is 16.2. The maximum atomic E-state index is 11.5. The lowest BCUT2D eigenvalue weighted by molar-refractivity contribution is 0.0601. The van der Waals surface area contributed by atoms with E-state index in [9.17, 15) is 4.79 Å². The third-order valence-corrected chi connectivity index (χ3v) is 3.92. The molecule has 0 amide bonds. The molecule has 0 bridgehead atoms. The van der Waals surface area contributed by atoms with Gasteiger partial charge in [-0.15, -0.1) is 11.6 Å². The molecule has 0 saturated heterocycles. The van der Waals surface area contributed by atoms with Gasteiger partial charge in [0.1, 0.15) is 5.82 Å². The first kappa shape index (κ1) is 16.6. The van der Waals surface area contributed by atoms with Gasteiger partial charge >= 0.3 is 5.97 Å². The van der Waals surface area contributed by atoms with E-state index in [2.05, 4.69) is 16.5 Å². The van der Waals surface area contributed by atoms with E-state index in [0.29, 0.717) is 11.4 Å². The molecular formula is C17H21ClN2O2. The SMILES string of the molecule is CCCCc1nc(C)c(CCl)n1-c1ccc(C(=O)OC)cc1. The van der Waals surface area contributed by atoms with Gasteiger partial charge in [-0.25, -0.2) is 9.78 Å². The van der Waals surface area contributed by atoms with Crippen molar-refractivity contribution in [2.75, 3.05) is 7.11 Å². The van der Waals surface area contributed by atoms with Crippen LogP contribution in [0.15, 0.2) is 24.3 Å². The second-order valence-corrected chi connectivity index (χ2v) is 5.44. The van der Waals surface area contributed by atoms with E-state index >= 15 is 0 Å². The van der Waals surface area contributed by atoms with Crippen molar-refractivity contribution in [3.8, 4) is 5.69 Å². The van der Waals surface area contributed by atoms with Crippen molar-refractivity contribution in [1.82, 2.24) is 9.55 Å². The standard InChI is InChI=1S/C17H21ClN2O2/c1-4-5-6-16-19-12(2)15(11-18)20(16)14-9-7-13(8-10-14)17(21)22-3/h7-10H,4-6,11H2,1-3H3. The summed E-state index contributed by atoms with van der Waals surface area (Å²) in [6.45, 7) is 4.14. The number of aryl methyl sites for hydroxylation is 2. The third kappa shape index (κ3) is 3.33. The molecule has 118 valence electrons. The van der Waals surface area contributed by atoms with Gasteiger partial charge in [-0.2, -0.15) is 0 Å². The lowest BCUT2D eigenvalue weighted by Crippen LogP contribution is -2.06. The van der Waals surface area contributed by atoms with Crippen LogP contribution in [-0.2, 0) is 17.0 Å². The number of aromatic nitrogens is 2. The average Bonchev–Trinajstić information content (AvgIpc) is 2.87. The largest absolute Gasteiger partial charge is 0.465 e. The number of unbranched alkanes of at least 4 members (excludes halogenated alkanes) is 1. The van der Waals surface area contributed by atoms with E-state index in [1.807, 2.05) is 19.1 Å². The van der Waals surface area contributed by atoms with Crippen LogP contribution in [0.4, 0.5) is 0 Å². The molecule has 1 heterocycles. The molecule has 22 heavy (non-hydrogen) atoms. The average molecular weight is 321 g/mol. The number of alkyl halides is 1. The molecule has 1 aromatic carbocycles. The van der Waals surface area contributed by atoms with Gasteiger partial charge in [0.05, 0.1) is 29.9 Å². The van der Waals surface area contributed by atoms with Crippen LogP contribution in [0, 0.1) is 6.92 Å². The Hall–Kier alpha value is -1.81. The third-order valence-electron chi connectivity index (χ3n) is 3.67. The summed E-state index contributed by atoms with van der Waals surface area (Å²) in [5.41, 5.74) is 3.46. The number of methoxy groups -OCH3 is 1. The van der Waals surface area contributed by atoms with Gasteiger partial charge in [0.25, 0.3) is 0 Å². The molecule has 0 aliphatic carbocycles. The van der Waals surface area contributed by atoms with Crippen molar-refractivity contribution in [1.29, 1.82) is 0 Å². The van der Waals surface area contributed by atoms with E-state index in [0.717, 1.165) is 42.2 Å². The molecule has 0 unspecified atom stereocenters. The normalized spacial score (nSPS) is 10.7. The molecule has 5 heteroatoms. The van der Waals surface area contributed by atoms with Gasteiger partial charge in [0.2, 0.25) is 0 Å². The summed E-state index contributed by atoms with van der Waals surface area (Å²) in [5, 5.41) is 0. The number of esters is 1. The van der Waals surface area contributed by atoms with Crippen molar-refractivity contribution < 1.29 is 9.53 Å². The van der Waals surface area contributed by atoms with Gasteiger partial charge in [-0.05, 0) is 37.6 Å². The molecular weight excluding hydrogens is 300 g/mol. The fourth-order valence-corrected chi connectivity index (χ4v) is 2.77. The highest BCUT2D eigenvalue weighted by molar-refractivity contribution is 6.17. The van der Waals surface area contributed by atoms with Crippen molar-refractivity contribution in [3.63, 3.8) is 0 Å². The van der Waals surface area contributed by atoms with Gasteiger partial charge in [0.15, 0.2) is 0 Å². The fourth-order valence-electron chi connectivity index (χ4n) is 2.45. The first-order valence-electron chi connectivity index (χ1n) is 7.44. The van der Waals surface area contributed by atoms with E-state index in [1.165, 1.54) is 7.11 Å². The number of carbonyl (C=O) groups excluding carboxylic acids is 1. The monoisotopic (exact) mass is 320 g/mol. The van der Waals surface area contributed by atoms with Crippen LogP contribution in [0.5, 0.6) is 0 Å². The molecule has 0 aliphatic rings. The number of hydrogen-bond acceptors (Lipinski definition) is 3. The Morgan fingerprint density at radius 1 is 1.32 bits per heavy atom. The lowest BCUT2D eigenvalue weighted by Gasteiger charge is -2.11. The maximum Gasteiger partial charge on any atom is 0.337 e. The van der Waals surface area contributed by atoms with Crippen LogP contribution in [0.3, 0.4) is 0 Å². The lowest BCUT2D eigenvalue weighted by atomic mass is 10.2. The predicted molar refractivity (Wildman–Crippen MR) is 87.8 cm³/mol. The van der Waals surface area contributed by atoms with Crippen LogP contribution >= 0.6 is 11.6 Å². The Morgan fingerprint density at radius 3 is 2.55 bits per heavy atom. The quantitative estimate of drug-likeness (QED) is 0.596. The summed E-state index contributed by atoms with van der Waals surface area (Å²) >= 11 is 6.10. The van der Waals surface area contributed by atoms with E-state index in [4.69, 9.17) is 16.3 Å². The Bertz CT molecular complexity index is 647. The number of halogens is 1. The smallest absolute Gasteiger partial charge is 0.337 e. The number of imidazole rings is 1. The summed E-state index contributed by atoms with van der Waals surface area (Å²) in [6.07, 6.45) is 3.11. The molecule has 0 aliphatic heterocycles. The molecule has 2 rings (SSSR count). The van der Waals surface area contributed by atoms with Gasteiger partial charge < -0.3 is 4.74 Å². The zero-order valence-corrected chi connectivity index (χ0v) is 14.0. The predicted octanol–water partition coefficient (Wildman–Crippen LogP) is 4.05. The number of hydrogen-bond donors (Lipinski definition) is 0. The fraction of sp³-hybridized carbons (Fsp3) is 0.412. The number of nitrogens with zero attached hydrogens (tertiary/aromatic N) is 2. The molecule has 0 atom stereocenters. The van der Waals surface area contributed by atoms with Crippen LogP contribution in [-0.4, -0.2) is 22.6 Å². The second-order valence-electron chi connectivity index (χ2n) is 5.17. The van der Waals surface area contributed by atoms with Crippen LogP contribution in [0.25, 0.3) is 5.69 Å². The molecule has 0 radical (unpaired) electrons. The minimum Gasteiger partial charge on any atom is -0.465 e. The topological polar surface area (TPSA) is 44.1 Å². The van der Waals surface area contributed by atoms with Crippen LogP contribution in [0.2, 0.25) is 0 Å². The van der Waals surface area contributed by atoms with Crippen LogP contribution < -0.4 is 0 Å². The molecule has 0 fully saturated rings. The minimum absolute atomic E-state index is 0.336. The minimum atomic E-state index is -0.336. The van der Waals surface area contributed by atoms with Gasteiger partial charge in [-0.1, -0.05) is 13.3 Å². The highest BCUT2D eigenvalue weighted by atomic mass is 35.5. The Kier molecular flexibility index (Phi) is 5.61. The highest BCUT2D eigenvalue weighted by Crippen LogP contribution is 2.22. The number of benzene rings is 1. The number of carbonyl (C=O) groups is 1. The van der Waals surface area contributed by atoms with Crippen molar-refractivity contribution in [3.05, 3.63) is 47.0 Å². The Labute approximate surface area is 136 Å². The van der Waals surface area contributed by atoms with Gasteiger partial charge in [0, 0.05) is 12.1 Å². The number of ether oxygens (including phenoxy) is 1. The Morgan fingerprint density at radius 2 is 2.00 bits per heavy atom. The van der Waals surface area contributed by atoms with Crippen molar-refractivity contribution >= 4 is 17.6 Å².